The second-order valence-electron chi connectivity index (χ2n) is 6.53. The van der Waals surface area contributed by atoms with Gasteiger partial charge in [-0.05, 0) is 42.8 Å². The molecular weight excluding hydrogens is 390 g/mol. The molecule has 2 aromatic rings. The van der Waals surface area contributed by atoms with E-state index < -0.39 is 5.97 Å². The van der Waals surface area contributed by atoms with Crippen molar-refractivity contribution in [1.29, 1.82) is 0 Å². The van der Waals surface area contributed by atoms with E-state index in [1.807, 2.05) is 19.1 Å². The second kappa shape index (κ2) is 9.87. The summed E-state index contributed by atoms with van der Waals surface area (Å²) in [5.74, 6) is 1.39. The lowest BCUT2D eigenvalue weighted by Crippen LogP contribution is -2.34. The number of likely N-dealkylation sites (N-methyl/N-ethyl adjacent to an activating group) is 1. The summed E-state index contributed by atoms with van der Waals surface area (Å²) in [5, 5.41) is 0. The molecule has 0 atom stereocenters. The first-order valence-corrected chi connectivity index (χ1v) is 9.61. The first kappa shape index (κ1) is 21.3. The molecule has 1 amide bonds. The molecule has 0 spiro atoms. The number of rotatable bonds is 8. The summed E-state index contributed by atoms with van der Waals surface area (Å²) in [4.78, 5) is 26.5. The highest BCUT2D eigenvalue weighted by Crippen LogP contribution is 2.31. The van der Waals surface area contributed by atoms with Gasteiger partial charge in [-0.1, -0.05) is 6.07 Å². The van der Waals surface area contributed by atoms with Crippen LogP contribution in [0.2, 0.25) is 0 Å². The van der Waals surface area contributed by atoms with Gasteiger partial charge in [0.25, 0.3) is 5.91 Å². The normalized spacial score (nSPS) is 12.1. The Bertz CT molecular complexity index is 912. The van der Waals surface area contributed by atoms with Gasteiger partial charge in [0.1, 0.15) is 13.2 Å². The first-order chi connectivity index (χ1) is 14.5. The molecule has 1 aliphatic rings. The molecule has 30 heavy (non-hydrogen) atoms. The summed E-state index contributed by atoms with van der Waals surface area (Å²) in [6.45, 7) is 3.23. The highest BCUT2D eigenvalue weighted by Gasteiger charge is 2.19. The van der Waals surface area contributed by atoms with Crippen molar-refractivity contribution in [2.24, 2.45) is 0 Å². The van der Waals surface area contributed by atoms with Crippen LogP contribution in [0.25, 0.3) is 0 Å². The van der Waals surface area contributed by atoms with Crippen LogP contribution in [0, 0.1) is 0 Å². The van der Waals surface area contributed by atoms with Crippen molar-refractivity contribution < 1.29 is 33.3 Å². The van der Waals surface area contributed by atoms with Crippen molar-refractivity contribution in [2.45, 2.75) is 13.5 Å². The molecule has 8 heteroatoms. The van der Waals surface area contributed by atoms with Gasteiger partial charge in [-0.3, -0.25) is 4.79 Å². The monoisotopic (exact) mass is 415 g/mol. The van der Waals surface area contributed by atoms with Crippen molar-refractivity contribution in [3.05, 3.63) is 47.5 Å². The van der Waals surface area contributed by atoms with Gasteiger partial charge in [-0.15, -0.1) is 0 Å². The molecule has 0 saturated heterocycles. The Labute approximate surface area is 175 Å². The maximum absolute atomic E-state index is 12.6. The molecule has 160 valence electrons. The third kappa shape index (κ3) is 4.94. The van der Waals surface area contributed by atoms with Gasteiger partial charge < -0.3 is 28.6 Å². The number of nitrogens with zero attached hydrogens (tertiary/aromatic N) is 1. The van der Waals surface area contributed by atoms with E-state index in [2.05, 4.69) is 0 Å². The summed E-state index contributed by atoms with van der Waals surface area (Å²) in [6, 6.07) is 10.3. The number of carbonyl (C=O) groups is 2. The van der Waals surface area contributed by atoms with Gasteiger partial charge >= 0.3 is 5.97 Å². The number of benzene rings is 2. The van der Waals surface area contributed by atoms with Crippen LogP contribution in [0.3, 0.4) is 0 Å². The van der Waals surface area contributed by atoms with E-state index in [0.29, 0.717) is 54.9 Å². The molecule has 0 unspecified atom stereocenters. The minimum Gasteiger partial charge on any atom is -0.493 e. The summed E-state index contributed by atoms with van der Waals surface area (Å²) in [5.41, 5.74) is 1.18. The number of amides is 1. The van der Waals surface area contributed by atoms with E-state index in [9.17, 15) is 9.59 Å². The number of esters is 1. The average molecular weight is 415 g/mol. The molecule has 8 nitrogen and oxygen atoms in total. The highest BCUT2D eigenvalue weighted by atomic mass is 16.6. The fourth-order valence-electron chi connectivity index (χ4n) is 3.05. The summed E-state index contributed by atoms with van der Waals surface area (Å²) < 4.78 is 26.7. The molecule has 1 aliphatic heterocycles. The van der Waals surface area contributed by atoms with Crippen LogP contribution in [-0.2, 0) is 16.1 Å². The topological polar surface area (TPSA) is 83.5 Å². The zero-order valence-electron chi connectivity index (χ0n) is 17.3. The highest BCUT2D eigenvalue weighted by molar-refractivity contribution is 5.92. The van der Waals surface area contributed by atoms with Gasteiger partial charge in [0.2, 0.25) is 0 Å². The zero-order chi connectivity index (χ0) is 21.5. The molecule has 0 saturated carbocycles. The lowest BCUT2D eigenvalue weighted by Gasteiger charge is -2.22. The van der Waals surface area contributed by atoms with Gasteiger partial charge in [-0.25, -0.2) is 4.79 Å². The number of hydrogen-bond donors (Lipinski definition) is 0. The molecule has 3 rings (SSSR count). The second-order valence-corrected chi connectivity index (χ2v) is 6.53. The lowest BCUT2D eigenvalue weighted by atomic mass is 10.2. The fraction of sp³-hybridized carbons (Fsp3) is 0.364. The van der Waals surface area contributed by atoms with Crippen molar-refractivity contribution >= 4 is 11.9 Å². The third-order valence-corrected chi connectivity index (χ3v) is 4.66. The molecule has 1 heterocycles. The Morgan fingerprint density at radius 1 is 0.967 bits per heavy atom. The fourth-order valence-corrected chi connectivity index (χ4v) is 3.05. The van der Waals surface area contributed by atoms with Crippen LogP contribution in [-0.4, -0.2) is 57.4 Å². The SMILES string of the molecule is CCN(Cc1ccc(OC)c(OC)c1)C(=O)COC(=O)c1ccc2c(c1)OCCO2. The van der Waals surface area contributed by atoms with Crippen LogP contribution in [0.15, 0.2) is 36.4 Å². The molecule has 0 aromatic heterocycles. The summed E-state index contributed by atoms with van der Waals surface area (Å²) in [6.07, 6.45) is 0. The van der Waals surface area contributed by atoms with Gasteiger partial charge in [0, 0.05) is 13.1 Å². The van der Waals surface area contributed by atoms with Crippen molar-refractivity contribution in [1.82, 2.24) is 4.90 Å². The van der Waals surface area contributed by atoms with Crippen LogP contribution >= 0.6 is 0 Å². The van der Waals surface area contributed by atoms with E-state index in [0.717, 1.165) is 5.56 Å². The lowest BCUT2D eigenvalue weighted by molar-refractivity contribution is -0.134. The minimum atomic E-state index is -0.595. The number of ether oxygens (including phenoxy) is 5. The van der Waals surface area contributed by atoms with Crippen molar-refractivity contribution in [3.63, 3.8) is 0 Å². The molecular formula is C22H25NO7. The molecule has 0 N–H and O–H groups in total. The smallest absolute Gasteiger partial charge is 0.338 e. The third-order valence-electron chi connectivity index (χ3n) is 4.66. The van der Waals surface area contributed by atoms with Crippen LogP contribution in [0.1, 0.15) is 22.8 Å². The maximum atomic E-state index is 12.6. The van der Waals surface area contributed by atoms with Crippen molar-refractivity contribution in [2.75, 3.05) is 40.6 Å². The van der Waals surface area contributed by atoms with Crippen LogP contribution in [0.4, 0.5) is 0 Å². The molecule has 0 fully saturated rings. The number of hydrogen-bond acceptors (Lipinski definition) is 7. The summed E-state index contributed by atoms with van der Waals surface area (Å²) >= 11 is 0. The Balaban J connectivity index is 1.59. The van der Waals surface area contributed by atoms with Crippen LogP contribution in [0.5, 0.6) is 23.0 Å². The Morgan fingerprint density at radius 3 is 2.40 bits per heavy atom. The van der Waals surface area contributed by atoms with Gasteiger partial charge in [-0.2, -0.15) is 0 Å². The Hall–Kier alpha value is -3.42. The zero-order valence-corrected chi connectivity index (χ0v) is 17.3. The molecule has 2 aromatic carbocycles. The number of fused-ring (bicyclic) bond motifs is 1. The van der Waals surface area contributed by atoms with Gasteiger partial charge in [0.05, 0.1) is 19.8 Å². The van der Waals surface area contributed by atoms with E-state index in [4.69, 9.17) is 23.7 Å². The molecule has 0 aliphatic carbocycles. The first-order valence-electron chi connectivity index (χ1n) is 9.61. The van der Waals surface area contributed by atoms with E-state index in [1.54, 1.807) is 43.4 Å². The van der Waals surface area contributed by atoms with E-state index in [1.165, 1.54) is 0 Å². The Morgan fingerprint density at radius 2 is 1.70 bits per heavy atom. The minimum absolute atomic E-state index is 0.293. The molecule has 0 bridgehead atoms. The quantitative estimate of drug-likeness (QED) is 0.613. The van der Waals surface area contributed by atoms with E-state index >= 15 is 0 Å². The predicted octanol–water partition coefficient (Wildman–Crippen LogP) is 2.68. The predicted molar refractivity (Wildman–Crippen MR) is 108 cm³/mol. The largest absolute Gasteiger partial charge is 0.493 e. The van der Waals surface area contributed by atoms with Crippen molar-refractivity contribution in [3.8, 4) is 23.0 Å². The maximum Gasteiger partial charge on any atom is 0.338 e. The number of methoxy groups -OCH3 is 2. The Kier molecular flexibility index (Phi) is 7.00. The summed E-state index contributed by atoms with van der Waals surface area (Å²) in [7, 11) is 3.12. The van der Waals surface area contributed by atoms with E-state index in [-0.39, 0.29) is 12.5 Å². The standard InChI is InChI=1S/C22H25NO7/c1-4-23(13-15-5-7-17(26-2)19(11-15)27-3)21(24)14-30-22(25)16-6-8-18-20(12-16)29-10-9-28-18/h5-8,11-12H,4,9-10,13-14H2,1-3H3. The number of carbonyl (C=O) groups excluding carboxylic acids is 2. The van der Waals surface area contributed by atoms with Gasteiger partial charge in [0.15, 0.2) is 29.6 Å². The van der Waals surface area contributed by atoms with Crippen LogP contribution < -0.4 is 18.9 Å². The molecule has 0 radical (unpaired) electrons. The average Bonchev–Trinajstić information content (AvgIpc) is 2.80.